The van der Waals surface area contributed by atoms with Crippen LogP contribution >= 0.6 is 0 Å². The minimum atomic E-state index is -0.168. The molecule has 0 unspecified atom stereocenters. The number of para-hydroxylation sites is 1. The molecule has 2 heterocycles. The fourth-order valence-corrected chi connectivity index (χ4v) is 4.12. The molecule has 2 N–H and O–H groups in total. The van der Waals surface area contributed by atoms with Crippen LogP contribution in [0, 0.1) is 10.7 Å². The summed E-state index contributed by atoms with van der Waals surface area (Å²) in [5.74, 6) is 0.930. The number of benzene rings is 2. The predicted molar refractivity (Wildman–Crippen MR) is 146 cm³/mol. The van der Waals surface area contributed by atoms with E-state index in [0.29, 0.717) is 40.1 Å². The summed E-state index contributed by atoms with van der Waals surface area (Å²) in [4.78, 5) is 32.5. The minimum absolute atomic E-state index is 0.110. The van der Waals surface area contributed by atoms with Crippen molar-refractivity contribution >= 4 is 28.3 Å². The topological polar surface area (TPSA) is 93.4 Å². The van der Waals surface area contributed by atoms with Gasteiger partial charge >= 0.3 is 0 Å². The number of nitrogens with one attached hydrogen (secondary N) is 2. The third-order valence-electron chi connectivity index (χ3n) is 6.19. The molecule has 1 amide bonds. The van der Waals surface area contributed by atoms with Gasteiger partial charge in [-0.2, -0.15) is 0 Å². The standard InChI is InChI=1S/C28H32N6O3/c1-32(2)16-15-29-27(35)19-13-14-25(37-5)21(17-19)31-26-12-8-11-23-24(18-30-26)34(4)28(36)20-9-6-7-10-22(20)33(23)3/h6-14,17-18H,15-16H2,1-5H3,(H,29,35)(H,30,31). The highest BCUT2D eigenvalue weighted by molar-refractivity contribution is 5.95. The maximum absolute atomic E-state index is 13.2. The van der Waals surface area contributed by atoms with E-state index in [1.54, 1.807) is 43.1 Å². The Hall–Kier alpha value is -4.37. The fraction of sp³-hybridized carbons (Fsp3) is 0.250. The quantitative estimate of drug-likeness (QED) is 0.405. The van der Waals surface area contributed by atoms with Crippen molar-refractivity contribution in [1.82, 2.24) is 24.3 Å². The molecule has 2 aliphatic heterocycles. The number of hydrogen-bond donors (Lipinski definition) is 2. The maximum Gasteiger partial charge on any atom is 0.260 e. The Morgan fingerprint density at radius 1 is 1.00 bits per heavy atom. The Balaban J connectivity index is 1.77. The lowest BCUT2D eigenvalue weighted by molar-refractivity contribution is 0.0951. The first-order chi connectivity index (χ1) is 17.8. The first-order valence-electron chi connectivity index (χ1n) is 12.0. The number of carbonyl (C=O) groups excluding carboxylic acids is 1. The molecule has 0 aliphatic carbocycles. The maximum atomic E-state index is 13.2. The molecule has 0 saturated carbocycles. The normalized spacial score (nSPS) is 11.0. The Morgan fingerprint density at radius 2 is 1.78 bits per heavy atom. The predicted octanol–water partition coefficient (Wildman–Crippen LogP) is 3.16. The first kappa shape index (κ1) is 25.7. The van der Waals surface area contributed by atoms with E-state index < -0.39 is 0 Å². The van der Waals surface area contributed by atoms with Crippen LogP contribution in [0.4, 0.5) is 11.5 Å². The number of nitrogens with zero attached hydrogens (tertiary/aromatic N) is 4. The zero-order valence-corrected chi connectivity index (χ0v) is 21.8. The van der Waals surface area contributed by atoms with Gasteiger partial charge in [-0.1, -0.05) is 18.2 Å². The molecule has 9 heteroatoms. The first-order valence-corrected chi connectivity index (χ1v) is 12.0. The van der Waals surface area contributed by atoms with Crippen LogP contribution in [0.25, 0.3) is 10.9 Å². The molecule has 0 atom stereocenters. The van der Waals surface area contributed by atoms with E-state index in [1.807, 2.05) is 73.1 Å². The SMILES string of the molecule is COc1ccc(C(=O)NCCN(C)C)cc1Nc1cccc2n(C)c3ccccc3c(=O)n(C)c=2cn1. The largest absolute Gasteiger partial charge is 0.495 e. The van der Waals surface area contributed by atoms with E-state index in [1.165, 1.54) is 0 Å². The van der Waals surface area contributed by atoms with E-state index in [4.69, 9.17) is 4.74 Å². The van der Waals surface area contributed by atoms with E-state index in [9.17, 15) is 9.59 Å². The highest BCUT2D eigenvalue weighted by Gasteiger charge is 2.11. The van der Waals surface area contributed by atoms with Gasteiger partial charge in [0, 0.05) is 32.7 Å². The van der Waals surface area contributed by atoms with Gasteiger partial charge in [0.05, 0.1) is 40.6 Å². The van der Waals surface area contributed by atoms with Crippen LogP contribution in [-0.2, 0) is 14.1 Å². The molecule has 0 fully saturated rings. The Bertz CT molecular complexity index is 1620. The minimum Gasteiger partial charge on any atom is -0.495 e. The molecule has 0 spiro atoms. The molecule has 2 aromatic rings. The summed E-state index contributed by atoms with van der Waals surface area (Å²) in [7, 11) is 9.16. The number of aryl methyl sites for hydroxylation is 1. The molecule has 37 heavy (non-hydrogen) atoms. The Kier molecular flexibility index (Phi) is 7.74. The molecule has 192 valence electrons. The van der Waals surface area contributed by atoms with Gasteiger partial charge in [0.15, 0.2) is 0 Å². The zero-order chi connectivity index (χ0) is 26.5. The highest BCUT2D eigenvalue weighted by atomic mass is 16.5. The average Bonchev–Trinajstić information content (AvgIpc) is 2.95. The van der Waals surface area contributed by atoms with Crippen LogP contribution in [0.15, 0.2) is 71.7 Å². The summed E-state index contributed by atoms with van der Waals surface area (Å²) in [5.41, 5.74) is 1.83. The Morgan fingerprint density at radius 3 is 2.54 bits per heavy atom. The summed E-state index contributed by atoms with van der Waals surface area (Å²) in [6, 6.07) is 18.4. The van der Waals surface area contributed by atoms with Gasteiger partial charge in [0.1, 0.15) is 11.6 Å². The van der Waals surface area contributed by atoms with Crippen LogP contribution in [-0.4, -0.2) is 59.2 Å². The highest BCUT2D eigenvalue weighted by Crippen LogP contribution is 2.28. The van der Waals surface area contributed by atoms with Gasteiger partial charge in [-0.3, -0.25) is 9.59 Å². The van der Waals surface area contributed by atoms with Crippen molar-refractivity contribution in [3.8, 4) is 5.75 Å². The van der Waals surface area contributed by atoms with E-state index >= 15 is 0 Å². The summed E-state index contributed by atoms with van der Waals surface area (Å²) >= 11 is 0. The monoisotopic (exact) mass is 500 g/mol. The second-order valence-electron chi connectivity index (χ2n) is 8.98. The third kappa shape index (κ3) is 5.57. The van der Waals surface area contributed by atoms with Crippen molar-refractivity contribution in [2.75, 3.05) is 39.6 Å². The molecule has 2 aliphatic rings. The molecule has 0 bridgehead atoms. The third-order valence-corrected chi connectivity index (χ3v) is 6.19. The number of hydrogen-bond acceptors (Lipinski definition) is 6. The summed E-state index contributed by atoms with van der Waals surface area (Å²) < 4.78 is 9.10. The van der Waals surface area contributed by atoms with Gasteiger partial charge < -0.3 is 29.4 Å². The molecule has 0 radical (unpaired) electrons. The van der Waals surface area contributed by atoms with Crippen molar-refractivity contribution in [2.45, 2.75) is 0 Å². The average molecular weight is 501 g/mol. The van der Waals surface area contributed by atoms with Crippen molar-refractivity contribution in [3.63, 3.8) is 0 Å². The van der Waals surface area contributed by atoms with Gasteiger partial charge in [0.2, 0.25) is 0 Å². The lowest BCUT2D eigenvalue weighted by atomic mass is 10.1. The smallest absolute Gasteiger partial charge is 0.260 e. The van der Waals surface area contributed by atoms with Crippen molar-refractivity contribution in [1.29, 1.82) is 0 Å². The van der Waals surface area contributed by atoms with E-state index in [-0.39, 0.29) is 11.5 Å². The molecule has 9 nitrogen and oxygen atoms in total. The van der Waals surface area contributed by atoms with Gasteiger partial charge in [0.25, 0.3) is 11.5 Å². The van der Waals surface area contributed by atoms with E-state index in [0.717, 1.165) is 17.4 Å². The summed E-state index contributed by atoms with van der Waals surface area (Å²) in [6.45, 7) is 1.29. The number of rotatable bonds is 7. The molecular weight excluding hydrogens is 468 g/mol. The molecule has 0 saturated heterocycles. The number of methoxy groups -OCH3 is 1. The number of carbonyl (C=O) groups is 1. The van der Waals surface area contributed by atoms with Gasteiger partial charge in [-0.05, 0) is 56.6 Å². The number of likely N-dealkylation sites (N-methyl/N-ethyl adjacent to an activating group) is 1. The number of ether oxygens (including phenoxy) is 1. The van der Waals surface area contributed by atoms with Crippen molar-refractivity contribution in [3.05, 3.63) is 93.5 Å². The molecular formula is C28H32N6O3. The number of fused-ring (bicyclic) bond motifs is 1. The molecule has 0 aromatic heterocycles. The fourth-order valence-electron chi connectivity index (χ4n) is 4.12. The summed E-state index contributed by atoms with van der Waals surface area (Å²) in [5, 5.41) is 8.31. The number of anilines is 2. The van der Waals surface area contributed by atoms with Crippen LogP contribution in [0.1, 0.15) is 10.4 Å². The van der Waals surface area contributed by atoms with Gasteiger partial charge in [-0.25, -0.2) is 4.98 Å². The van der Waals surface area contributed by atoms with Crippen molar-refractivity contribution in [2.24, 2.45) is 14.1 Å². The Labute approximate surface area is 215 Å². The van der Waals surface area contributed by atoms with Crippen LogP contribution < -0.4 is 20.9 Å². The van der Waals surface area contributed by atoms with Gasteiger partial charge in [-0.15, -0.1) is 0 Å². The van der Waals surface area contributed by atoms with Crippen LogP contribution in [0.2, 0.25) is 0 Å². The summed E-state index contributed by atoms with van der Waals surface area (Å²) in [6.07, 6.45) is 1.67. The van der Waals surface area contributed by atoms with Crippen LogP contribution in [0.5, 0.6) is 5.75 Å². The second kappa shape index (κ2) is 11.1. The zero-order valence-electron chi connectivity index (χ0n) is 21.8. The molecule has 2 aromatic carbocycles. The second-order valence-corrected chi connectivity index (χ2v) is 8.98. The van der Waals surface area contributed by atoms with E-state index in [2.05, 4.69) is 15.6 Å². The van der Waals surface area contributed by atoms with Crippen LogP contribution in [0.3, 0.4) is 0 Å². The lowest BCUT2D eigenvalue weighted by Crippen LogP contribution is -2.31. The number of aromatic nitrogens is 3. The van der Waals surface area contributed by atoms with Crippen molar-refractivity contribution < 1.29 is 9.53 Å². The lowest BCUT2D eigenvalue weighted by Gasteiger charge is -2.13. The molecule has 4 rings (SSSR count). The number of amides is 1.